The van der Waals surface area contributed by atoms with Crippen LogP contribution in [-0.2, 0) is 6.54 Å². The van der Waals surface area contributed by atoms with E-state index in [0.717, 1.165) is 5.69 Å². The Balaban J connectivity index is 1.93. The number of nitrogens with one attached hydrogen (secondary N) is 2. The third-order valence-corrected chi connectivity index (χ3v) is 2.88. The van der Waals surface area contributed by atoms with E-state index in [1.165, 1.54) is 12.1 Å². The number of halogens is 1. The Kier molecular flexibility index (Phi) is 4.71. The lowest BCUT2D eigenvalue weighted by Crippen LogP contribution is -2.39. The number of hydrogen-bond acceptors (Lipinski definition) is 2. The van der Waals surface area contributed by atoms with Gasteiger partial charge in [-0.05, 0) is 37.3 Å². The molecule has 0 aliphatic rings. The van der Waals surface area contributed by atoms with Gasteiger partial charge in [0.2, 0.25) is 0 Å². The molecule has 0 aliphatic heterocycles. The van der Waals surface area contributed by atoms with E-state index in [-0.39, 0.29) is 17.9 Å². The van der Waals surface area contributed by atoms with Crippen LogP contribution in [0.4, 0.5) is 9.18 Å². The molecule has 0 radical (unpaired) electrons. The Morgan fingerprint density at radius 1 is 1.43 bits per heavy atom. The zero-order chi connectivity index (χ0) is 15.2. The van der Waals surface area contributed by atoms with Gasteiger partial charge in [-0.3, -0.25) is 0 Å². The van der Waals surface area contributed by atoms with Gasteiger partial charge >= 0.3 is 6.03 Å². The van der Waals surface area contributed by atoms with E-state index in [1.807, 2.05) is 6.92 Å². The van der Waals surface area contributed by atoms with Crippen LogP contribution in [0.1, 0.15) is 12.6 Å². The molecule has 0 bridgehead atoms. The van der Waals surface area contributed by atoms with E-state index in [9.17, 15) is 9.18 Å². The minimum Gasteiger partial charge on any atom is -0.332 e. The van der Waals surface area contributed by atoms with Gasteiger partial charge in [-0.1, -0.05) is 6.08 Å². The summed E-state index contributed by atoms with van der Waals surface area (Å²) in [5.41, 5.74) is 1.47. The maximum atomic E-state index is 12.9. The number of urea groups is 1. The third-order valence-electron chi connectivity index (χ3n) is 2.88. The van der Waals surface area contributed by atoms with Crippen molar-refractivity contribution in [1.29, 1.82) is 0 Å². The Morgan fingerprint density at radius 3 is 2.81 bits per heavy atom. The molecule has 0 saturated carbocycles. The topological polar surface area (TPSA) is 59.0 Å². The minimum absolute atomic E-state index is 0.0956. The molecule has 0 saturated heterocycles. The molecular weight excluding hydrogens is 271 g/mol. The summed E-state index contributed by atoms with van der Waals surface area (Å²) in [7, 11) is 0. The summed E-state index contributed by atoms with van der Waals surface area (Å²) in [5, 5.41) is 9.72. The highest BCUT2D eigenvalue weighted by atomic mass is 19.1. The van der Waals surface area contributed by atoms with Gasteiger partial charge in [0.15, 0.2) is 0 Å². The first-order valence-corrected chi connectivity index (χ1v) is 6.56. The molecule has 1 aromatic carbocycles. The van der Waals surface area contributed by atoms with Crippen LogP contribution in [0.15, 0.2) is 49.2 Å². The Hall–Kier alpha value is -2.63. The summed E-state index contributed by atoms with van der Waals surface area (Å²) in [6.45, 7) is 5.73. The molecule has 5 nitrogen and oxygen atoms in total. The van der Waals surface area contributed by atoms with Gasteiger partial charge in [-0.25, -0.2) is 13.9 Å². The molecule has 0 spiro atoms. The molecule has 0 fully saturated rings. The fourth-order valence-corrected chi connectivity index (χ4v) is 1.68. The summed E-state index contributed by atoms with van der Waals surface area (Å²) in [4.78, 5) is 11.6. The fraction of sp³-hybridized carbons (Fsp3) is 0.200. The van der Waals surface area contributed by atoms with E-state index in [0.29, 0.717) is 12.2 Å². The second kappa shape index (κ2) is 6.69. The number of carbonyl (C=O) groups is 1. The second-order valence-electron chi connectivity index (χ2n) is 4.58. The van der Waals surface area contributed by atoms with Gasteiger partial charge in [0.05, 0.1) is 17.9 Å². The molecule has 2 N–H and O–H groups in total. The molecule has 2 amide bonds. The Bertz CT molecular complexity index is 621. The van der Waals surface area contributed by atoms with E-state index >= 15 is 0 Å². The van der Waals surface area contributed by atoms with Crippen molar-refractivity contribution in [2.75, 3.05) is 0 Å². The van der Waals surface area contributed by atoms with Crippen LogP contribution in [-0.4, -0.2) is 21.9 Å². The summed E-state index contributed by atoms with van der Waals surface area (Å²) < 4.78 is 14.5. The van der Waals surface area contributed by atoms with Crippen molar-refractivity contribution in [3.8, 4) is 5.69 Å². The van der Waals surface area contributed by atoms with Crippen molar-refractivity contribution >= 4 is 6.03 Å². The number of benzene rings is 1. The van der Waals surface area contributed by atoms with E-state index in [2.05, 4.69) is 22.3 Å². The summed E-state index contributed by atoms with van der Waals surface area (Å²) in [6, 6.07) is 7.44. The van der Waals surface area contributed by atoms with Gasteiger partial charge in [0, 0.05) is 12.2 Å². The second-order valence-corrected chi connectivity index (χ2v) is 4.58. The van der Waals surface area contributed by atoms with E-state index < -0.39 is 0 Å². The van der Waals surface area contributed by atoms with Crippen LogP contribution in [0, 0.1) is 5.82 Å². The number of rotatable bonds is 5. The van der Waals surface area contributed by atoms with E-state index in [4.69, 9.17) is 0 Å². The Morgan fingerprint density at radius 2 is 2.14 bits per heavy atom. The van der Waals surface area contributed by atoms with Crippen LogP contribution in [0.5, 0.6) is 0 Å². The zero-order valence-electron chi connectivity index (χ0n) is 11.7. The van der Waals surface area contributed by atoms with Crippen LogP contribution < -0.4 is 10.6 Å². The molecule has 1 atom stereocenters. The van der Waals surface area contributed by atoms with Crippen molar-refractivity contribution in [3.05, 3.63) is 60.7 Å². The lowest BCUT2D eigenvalue weighted by atomic mass is 10.3. The molecule has 1 heterocycles. The van der Waals surface area contributed by atoms with Gasteiger partial charge in [0.25, 0.3) is 0 Å². The molecule has 6 heteroatoms. The molecule has 110 valence electrons. The van der Waals surface area contributed by atoms with Crippen molar-refractivity contribution < 1.29 is 9.18 Å². The normalized spacial score (nSPS) is 11.7. The van der Waals surface area contributed by atoms with Gasteiger partial charge in [-0.2, -0.15) is 5.10 Å². The first-order valence-electron chi connectivity index (χ1n) is 6.56. The summed E-state index contributed by atoms with van der Waals surface area (Å²) >= 11 is 0. The molecule has 0 aliphatic carbocycles. The number of hydrogen-bond donors (Lipinski definition) is 2. The quantitative estimate of drug-likeness (QED) is 0.830. The highest BCUT2D eigenvalue weighted by Gasteiger charge is 2.05. The predicted octanol–water partition coefficient (Wildman–Crippen LogP) is 2.39. The number of aromatic nitrogens is 2. The molecule has 1 unspecified atom stereocenters. The van der Waals surface area contributed by atoms with Crippen LogP contribution in [0.25, 0.3) is 5.69 Å². The zero-order valence-corrected chi connectivity index (χ0v) is 11.7. The van der Waals surface area contributed by atoms with Crippen LogP contribution >= 0.6 is 0 Å². The number of amides is 2. The minimum atomic E-state index is -0.291. The maximum Gasteiger partial charge on any atom is 0.315 e. The SMILES string of the molecule is C=CC(C)NC(=O)NCc1ccn(-c2ccc(F)cc2)n1. The van der Waals surface area contributed by atoms with Gasteiger partial charge in [-0.15, -0.1) is 6.58 Å². The largest absolute Gasteiger partial charge is 0.332 e. The number of nitrogens with zero attached hydrogens (tertiary/aromatic N) is 2. The van der Waals surface area contributed by atoms with Crippen LogP contribution in [0.3, 0.4) is 0 Å². The predicted molar refractivity (Wildman–Crippen MR) is 78.6 cm³/mol. The molecule has 2 aromatic rings. The van der Waals surface area contributed by atoms with Crippen LogP contribution in [0.2, 0.25) is 0 Å². The number of carbonyl (C=O) groups excluding carboxylic acids is 1. The highest BCUT2D eigenvalue weighted by Crippen LogP contribution is 2.08. The fourth-order valence-electron chi connectivity index (χ4n) is 1.68. The van der Waals surface area contributed by atoms with Crippen molar-refractivity contribution in [2.45, 2.75) is 19.5 Å². The van der Waals surface area contributed by atoms with Gasteiger partial charge in [0.1, 0.15) is 5.82 Å². The lowest BCUT2D eigenvalue weighted by Gasteiger charge is -2.09. The average molecular weight is 288 g/mol. The lowest BCUT2D eigenvalue weighted by molar-refractivity contribution is 0.239. The van der Waals surface area contributed by atoms with Crippen molar-refractivity contribution in [1.82, 2.24) is 20.4 Å². The first kappa shape index (κ1) is 14.8. The standard InChI is InChI=1S/C15H17FN4O/c1-3-11(2)18-15(21)17-10-13-8-9-20(19-13)14-6-4-12(16)5-7-14/h3-9,11H,1,10H2,2H3,(H2,17,18,21). The molecule has 2 rings (SSSR count). The van der Waals surface area contributed by atoms with Crippen molar-refractivity contribution in [2.24, 2.45) is 0 Å². The monoisotopic (exact) mass is 288 g/mol. The smallest absolute Gasteiger partial charge is 0.315 e. The molecule has 21 heavy (non-hydrogen) atoms. The van der Waals surface area contributed by atoms with Gasteiger partial charge < -0.3 is 10.6 Å². The highest BCUT2D eigenvalue weighted by molar-refractivity contribution is 5.74. The van der Waals surface area contributed by atoms with Crippen molar-refractivity contribution in [3.63, 3.8) is 0 Å². The average Bonchev–Trinajstić information content (AvgIpc) is 2.94. The molecular formula is C15H17FN4O. The summed E-state index contributed by atoms with van der Waals surface area (Å²) in [6.07, 6.45) is 3.40. The molecule has 1 aromatic heterocycles. The third kappa shape index (κ3) is 4.17. The maximum absolute atomic E-state index is 12.9. The summed E-state index contributed by atoms with van der Waals surface area (Å²) in [5.74, 6) is -0.291. The first-order chi connectivity index (χ1) is 10.1. The van der Waals surface area contributed by atoms with E-state index in [1.54, 1.807) is 35.2 Å². The Labute approximate surface area is 122 Å².